The van der Waals surface area contributed by atoms with E-state index in [0.717, 1.165) is 33.6 Å². The summed E-state index contributed by atoms with van der Waals surface area (Å²) in [7, 11) is 2.72. The highest BCUT2D eigenvalue weighted by atomic mass is 16.5. The van der Waals surface area contributed by atoms with E-state index in [1.165, 1.54) is 14.2 Å². The second-order valence-corrected chi connectivity index (χ2v) is 7.00. The Balaban J connectivity index is 1.62. The van der Waals surface area contributed by atoms with Gasteiger partial charge in [0.25, 0.3) is 0 Å². The van der Waals surface area contributed by atoms with Gasteiger partial charge in [0.15, 0.2) is 0 Å². The van der Waals surface area contributed by atoms with Crippen molar-refractivity contribution in [2.45, 2.75) is 0 Å². The van der Waals surface area contributed by atoms with E-state index in [2.05, 4.69) is 9.97 Å². The maximum Gasteiger partial charge on any atom is 0.337 e. The number of aromatic nitrogens is 2. The number of nitrogens with zero attached hydrogens (tertiary/aromatic N) is 2. The van der Waals surface area contributed by atoms with E-state index in [0.29, 0.717) is 11.1 Å². The van der Waals surface area contributed by atoms with E-state index in [-0.39, 0.29) is 11.9 Å². The molecule has 0 saturated heterocycles. The average Bonchev–Trinajstić information content (AvgIpc) is 2.88. The van der Waals surface area contributed by atoms with Gasteiger partial charge in [0.2, 0.25) is 0 Å². The van der Waals surface area contributed by atoms with Gasteiger partial charge < -0.3 is 9.47 Å². The van der Waals surface area contributed by atoms with Gasteiger partial charge in [-0.1, -0.05) is 24.3 Å². The second kappa shape index (κ2) is 9.22. The van der Waals surface area contributed by atoms with Crippen LogP contribution in [0.1, 0.15) is 20.7 Å². The van der Waals surface area contributed by atoms with Gasteiger partial charge in [0, 0.05) is 12.4 Å². The zero-order valence-corrected chi connectivity index (χ0v) is 17.6. The molecule has 0 radical (unpaired) electrons. The van der Waals surface area contributed by atoms with Crippen molar-refractivity contribution in [2.24, 2.45) is 0 Å². The third kappa shape index (κ3) is 4.39. The van der Waals surface area contributed by atoms with Crippen LogP contribution in [0.4, 0.5) is 0 Å². The van der Waals surface area contributed by atoms with Crippen LogP contribution in [-0.4, -0.2) is 36.1 Å². The smallest absolute Gasteiger partial charge is 0.337 e. The minimum Gasteiger partial charge on any atom is -0.465 e. The summed E-state index contributed by atoms with van der Waals surface area (Å²) < 4.78 is 9.50. The molecule has 0 N–H and O–H groups in total. The lowest BCUT2D eigenvalue weighted by atomic mass is 10.0. The van der Waals surface area contributed by atoms with E-state index < -0.39 is 0 Å². The maximum atomic E-state index is 11.7. The maximum absolute atomic E-state index is 11.7. The number of rotatable bonds is 5. The molecule has 4 aromatic rings. The van der Waals surface area contributed by atoms with Gasteiger partial charge in [-0.05, 0) is 70.8 Å². The van der Waals surface area contributed by atoms with Gasteiger partial charge in [-0.2, -0.15) is 0 Å². The third-order valence-corrected chi connectivity index (χ3v) is 5.06. The summed E-state index contributed by atoms with van der Waals surface area (Å²) in [5.41, 5.74) is 6.28. The summed E-state index contributed by atoms with van der Waals surface area (Å²) in [5, 5.41) is 0. The highest BCUT2D eigenvalue weighted by molar-refractivity contribution is 5.90. The highest BCUT2D eigenvalue weighted by Crippen LogP contribution is 2.27. The van der Waals surface area contributed by atoms with Crippen molar-refractivity contribution in [1.29, 1.82) is 0 Å². The molecule has 0 atom stereocenters. The third-order valence-electron chi connectivity index (χ3n) is 5.06. The Bertz CT molecular complexity index is 1160. The molecule has 158 valence electrons. The van der Waals surface area contributed by atoms with E-state index in [1.807, 2.05) is 48.5 Å². The van der Waals surface area contributed by atoms with Gasteiger partial charge >= 0.3 is 11.9 Å². The predicted molar refractivity (Wildman–Crippen MR) is 121 cm³/mol. The molecule has 2 aromatic carbocycles. The number of hydrogen-bond acceptors (Lipinski definition) is 6. The number of benzene rings is 2. The molecule has 0 saturated carbocycles. The quantitative estimate of drug-likeness (QED) is 0.417. The minimum absolute atomic E-state index is 0.368. The van der Waals surface area contributed by atoms with E-state index >= 15 is 0 Å². The molecule has 2 aromatic heterocycles. The Kier molecular flexibility index (Phi) is 6.03. The van der Waals surface area contributed by atoms with Crippen LogP contribution in [0.3, 0.4) is 0 Å². The van der Waals surface area contributed by atoms with Gasteiger partial charge in [-0.15, -0.1) is 0 Å². The number of carbonyl (C=O) groups excluding carboxylic acids is 2. The molecule has 0 aliphatic heterocycles. The van der Waals surface area contributed by atoms with E-state index in [9.17, 15) is 9.59 Å². The second-order valence-electron chi connectivity index (χ2n) is 7.00. The van der Waals surface area contributed by atoms with Gasteiger partial charge in [-0.25, -0.2) is 9.59 Å². The molecule has 0 amide bonds. The molecule has 0 aliphatic rings. The van der Waals surface area contributed by atoms with Crippen LogP contribution in [0.5, 0.6) is 0 Å². The number of pyridine rings is 2. The van der Waals surface area contributed by atoms with Crippen molar-refractivity contribution >= 4 is 11.9 Å². The van der Waals surface area contributed by atoms with Gasteiger partial charge in [-0.3, -0.25) is 9.97 Å². The summed E-state index contributed by atoms with van der Waals surface area (Å²) in [6.07, 6.45) is 3.47. The summed E-state index contributed by atoms with van der Waals surface area (Å²) in [5.74, 6) is -0.736. The zero-order chi connectivity index (χ0) is 22.5. The Morgan fingerprint density at radius 1 is 0.562 bits per heavy atom. The van der Waals surface area contributed by atoms with E-state index in [1.54, 1.807) is 36.7 Å². The first-order chi connectivity index (χ1) is 15.6. The normalized spacial score (nSPS) is 10.4. The number of hydrogen-bond donors (Lipinski definition) is 0. The standard InChI is InChI=1S/C26H20N2O4/c1-31-25(29)19-7-3-17(4-8-19)21-11-13-27-23(15-21)24-16-22(12-14-28-24)18-5-9-20(10-6-18)26(30)32-2/h3-16H,1-2H3. The van der Waals surface area contributed by atoms with Crippen LogP contribution < -0.4 is 0 Å². The lowest BCUT2D eigenvalue weighted by molar-refractivity contribution is 0.0592. The fraction of sp³-hybridized carbons (Fsp3) is 0.0769. The first-order valence-corrected chi connectivity index (χ1v) is 9.89. The Morgan fingerprint density at radius 3 is 1.28 bits per heavy atom. The lowest BCUT2D eigenvalue weighted by Gasteiger charge is -2.08. The van der Waals surface area contributed by atoms with Crippen LogP contribution >= 0.6 is 0 Å². The Labute approximate surface area is 185 Å². The van der Waals surface area contributed by atoms with Crippen LogP contribution in [0.2, 0.25) is 0 Å². The van der Waals surface area contributed by atoms with Crippen LogP contribution in [0.15, 0.2) is 85.2 Å². The SMILES string of the molecule is COC(=O)c1ccc(-c2ccnc(-c3cc(-c4ccc(C(=O)OC)cc4)ccn3)c2)cc1. The minimum atomic E-state index is -0.368. The van der Waals surface area contributed by atoms with Crippen molar-refractivity contribution in [3.63, 3.8) is 0 Å². The molecule has 0 aliphatic carbocycles. The topological polar surface area (TPSA) is 78.4 Å². The molecule has 6 nitrogen and oxygen atoms in total. The number of esters is 2. The molecular weight excluding hydrogens is 404 g/mol. The molecule has 0 spiro atoms. The molecular formula is C26H20N2O4. The molecule has 4 rings (SSSR count). The van der Waals surface area contributed by atoms with Crippen molar-refractivity contribution < 1.29 is 19.1 Å². The Morgan fingerprint density at radius 2 is 0.938 bits per heavy atom. The molecule has 32 heavy (non-hydrogen) atoms. The van der Waals surface area contributed by atoms with Crippen LogP contribution in [0, 0.1) is 0 Å². The number of methoxy groups -OCH3 is 2. The fourth-order valence-corrected chi connectivity index (χ4v) is 3.33. The van der Waals surface area contributed by atoms with Crippen LogP contribution in [0.25, 0.3) is 33.6 Å². The molecule has 0 fully saturated rings. The van der Waals surface area contributed by atoms with Crippen molar-refractivity contribution in [1.82, 2.24) is 9.97 Å². The van der Waals surface area contributed by atoms with Crippen molar-refractivity contribution in [3.05, 3.63) is 96.3 Å². The van der Waals surface area contributed by atoms with Gasteiger partial charge in [0.1, 0.15) is 0 Å². The van der Waals surface area contributed by atoms with Crippen LogP contribution in [-0.2, 0) is 9.47 Å². The van der Waals surface area contributed by atoms with Gasteiger partial charge in [0.05, 0.1) is 36.7 Å². The molecule has 6 heteroatoms. The summed E-state index contributed by atoms with van der Waals surface area (Å²) >= 11 is 0. The monoisotopic (exact) mass is 424 g/mol. The first-order valence-electron chi connectivity index (χ1n) is 9.89. The van der Waals surface area contributed by atoms with E-state index in [4.69, 9.17) is 9.47 Å². The highest BCUT2D eigenvalue weighted by Gasteiger charge is 2.09. The Hall–Kier alpha value is -4.32. The molecule has 2 heterocycles. The first kappa shape index (κ1) is 20.9. The predicted octanol–water partition coefficient (Wildman–Crippen LogP) is 5.05. The summed E-state index contributed by atoms with van der Waals surface area (Å²) in [6, 6.07) is 22.2. The number of ether oxygens (including phenoxy) is 2. The fourth-order valence-electron chi connectivity index (χ4n) is 3.33. The number of carbonyl (C=O) groups is 2. The van der Waals surface area contributed by atoms with Crippen molar-refractivity contribution in [2.75, 3.05) is 14.2 Å². The largest absolute Gasteiger partial charge is 0.465 e. The molecule has 0 bridgehead atoms. The summed E-state index contributed by atoms with van der Waals surface area (Å²) in [4.78, 5) is 32.3. The average molecular weight is 424 g/mol. The van der Waals surface area contributed by atoms with Crippen molar-refractivity contribution in [3.8, 4) is 33.6 Å². The zero-order valence-electron chi connectivity index (χ0n) is 17.6. The summed E-state index contributed by atoms with van der Waals surface area (Å²) in [6.45, 7) is 0. The lowest BCUT2D eigenvalue weighted by Crippen LogP contribution is -2.00. The molecule has 0 unspecified atom stereocenters.